The quantitative estimate of drug-likeness (QED) is 0.623. The topological polar surface area (TPSA) is 76.8 Å². The van der Waals surface area contributed by atoms with Gasteiger partial charge in [-0.25, -0.2) is 18.7 Å². The summed E-state index contributed by atoms with van der Waals surface area (Å²) in [6, 6.07) is 7.73. The Morgan fingerprint density at radius 2 is 2.11 bits per heavy atom. The second-order valence-corrected chi connectivity index (χ2v) is 5.96. The van der Waals surface area contributed by atoms with Crippen molar-refractivity contribution in [2.24, 2.45) is 0 Å². The van der Waals surface area contributed by atoms with Gasteiger partial charge in [-0.3, -0.25) is 4.79 Å². The molecular formula is C19H19FN4O3. The van der Waals surface area contributed by atoms with E-state index in [0.29, 0.717) is 23.4 Å². The van der Waals surface area contributed by atoms with E-state index in [4.69, 9.17) is 4.74 Å². The van der Waals surface area contributed by atoms with Gasteiger partial charge in [0.25, 0.3) is 5.91 Å². The zero-order valence-corrected chi connectivity index (χ0v) is 15.1. The van der Waals surface area contributed by atoms with E-state index in [1.165, 1.54) is 21.5 Å². The number of benzene rings is 1. The van der Waals surface area contributed by atoms with Crippen LogP contribution in [-0.2, 0) is 16.1 Å². The number of likely N-dealkylation sites (N-methyl/N-ethyl adjacent to an activating group) is 1. The van der Waals surface area contributed by atoms with Crippen molar-refractivity contribution in [3.05, 3.63) is 65.4 Å². The lowest BCUT2D eigenvalue weighted by molar-refractivity contribution is -0.134. The molecule has 0 aliphatic rings. The van der Waals surface area contributed by atoms with E-state index >= 15 is 0 Å². The molecule has 0 aliphatic carbocycles. The van der Waals surface area contributed by atoms with E-state index in [1.54, 1.807) is 44.4 Å². The van der Waals surface area contributed by atoms with Crippen LogP contribution in [0.4, 0.5) is 4.39 Å². The second-order valence-electron chi connectivity index (χ2n) is 5.96. The summed E-state index contributed by atoms with van der Waals surface area (Å²) in [5.41, 5.74) is 1.74. The SMILES string of the molecule is CCN(Cc1cccc(F)c1)C(=O)COC(=O)c1c(C)nn2cccnc12. The number of fused-ring (bicyclic) bond motifs is 1. The molecular weight excluding hydrogens is 351 g/mol. The molecule has 3 rings (SSSR count). The van der Waals surface area contributed by atoms with Gasteiger partial charge in [-0.05, 0) is 37.6 Å². The summed E-state index contributed by atoms with van der Waals surface area (Å²) < 4.78 is 20.0. The van der Waals surface area contributed by atoms with Gasteiger partial charge in [0.2, 0.25) is 0 Å². The number of aryl methyl sites for hydroxylation is 1. The van der Waals surface area contributed by atoms with E-state index < -0.39 is 12.6 Å². The van der Waals surface area contributed by atoms with Crippen molar-refractivity contribution in [3.63, 3.8) is 0 Å². The maximum absolute atomic E-state index is 13.3. The van der Waals surface area contributed by atoms with Crippen LogP contribution >= 0.6 is 0 Å². The zero-order valence-electron chi connectivity index (χ0n) is 15.1. The number of hydrogen-bond donors (Lipinski definition) is 0. The first-order valence-electron chi connectivity index (χ1n) is 8.49. The molecule has 2 aromatic heterocycles. The highest BCUT2D eigenvalue weighted by molar-refractivity contribution is 5.98. The third-order valence-corrected chi connectivity index (χ3v) is 4.10. The largest absolute Gasteiger partial charge is 0.452 e. The number of ether oxygens (including phenoxy) is 1. The molecule has 0 N–H and O–H groups in total. The first-order chi connectivity index (χ1) is 13.0. The molecule has 0 saturated carbocycles. The number of amides is 1. The molecule has 0 aliphatic heterocycles. The predicted molar refractivity (Wildman–Crippen MR) is 95.5 cm³/mol. The number of halogens is 1. The average Bonchev–Trinajstić information content (AvgIpc) is 2.99. The summed E-state index contributed by atoms with van der Waals surface area (Å²) in [6.45, 7) is 3.71. The van der Waals surface area contributed by atoms with E-state index in [0.717, 1.165) is 0 Å². The number of carbonyl (C=O) groups excluding carboxylic acids is 2. The number of hydrogen-bond acceptors (Lipinski definition) is 5. The average molecular weight is 370 g/mol. The van der Waals surface area contributed by atoms with Gasteiger partial charge in [0.1, 0.15) is 11.4 Å². The molecule has 27 heavy (non-hydrogen) atoms. The van der Waals surface area contributed by atoms with Crippen molar-refractivity contribution < 1.29 is 18.7 Å². The van der Waals surface area contributed by atoms with Crippen LogP contribution in [0.15, 0.2) is 42.7 Å². The van der Waals surface area contributed by atoms with Crippen molar-refractivity contribution >= 4 is 17.5 Å². The summed E-state index contributed by atoms with van der Waals surface area (Å²) in [6.07, 6.45) is 3.23. The maximum Gasteiger partial charge on any atom is 0.344 e. The van der Waals surface area contributed by atoms with Gasteiger partial charge >= 0.3 is 5.97 Å². The minimum absolute atomic E-state index is 0.233. The van der Waals surface area contributed by atoms with Crippen molar-refractivity contribution in [2.75, 3.05) is 13.2 Å². The van der Waals surface area contributed by atoms with Gasteiger partial charge in [-0.1, -0.05) is 12.1 Å². The molecule has 1 aromatic carbocycles. The third-order valence-electron chi connectivity index (χ3n) is 4.10. The smallest absolute Gasteiger partial charge is 0.344 e. The van der Waals surface area contributed by atoms with Gasteiger partial charge in [0.15, 0.2) is 12.3 Å². The van der Waals surface area contributed by atoms with Crippen LogP contribution in [0, 0.1) is 12.7 Å². The summed E-state index contributed by atoms with van der Waals surface area (Å²) in [5.74, 6) is -1.38. The lowest BCUT2D eigenvalue weighted by Crippen LogP contribution is -2.34. The normalized spacial score (nSPS) is 10.8. The minimum Gasteiger partial charge on any atom is -0.452 e. The van der Waals surface area contributed by atoms with Crippen LogP contribution in [0.3, 0.4) is 0 Å². The lowest BCUT2D eigenvalue weighted by atomic mass is 10.2. The van der Waals surface area contributed by atoms with Gasteiger partial charge in [-0.15, -0.1) is 0 Å². The fourth-order valence-corrected chi connectivity index (χ4v) is 2.76. The van der Waals surface area contributed by atoms with E-state index in [9.17, 15) is 14.0 Å². The van der Waals surface area contributed by atoms with Gasteiger partial charge < -0.3 is 9.64 Å². The Morgan fingerprint density at radius 1 is 1.30 bits per heavy atom. The van der Waals surface area contributed by atoms with E-state index in [1.807, 2.05) is 0 Å². The second kappa shape index (κ2) is 7.94. The van der Waals surface area contributed by atoms with Crippen LogP contribution in [-0.4, -0.2) is 44.5 Å². The molecule has 0 radical (unpaired) electrons. The van der Waals surface area contributed by atoms with E-state index in [-0.39, 0.29) is 23.8 Å². The van der Waals surface area contributed by atoms with Crippen LogP contribution in [0.5, 0.6) is 0 Å². The molecule has 140 valence electrons. The Kier molecular flexibility index (Phi) is 5.44. The van der Waals surface area contributed by atoms with Crippen LogP contribution in [0.25, 0.3) is 5.65 Å². The number of esters is 1. The Morgan fingerprint density at radius 3 is 2.85 bits per heavy atom. The van der Waals surface area contributed by atoms with Crippen molar-refractivity contribution in [3.8, 4) is 0 Å². The Labute approximate surface area is 155 Å². The lowest BCUT2D eigenvalue weighted by Gasteiger charge is -2.20. The van der Waals surface area contributed by atoms with Crippen LogP contribution < -0.4 is 0 Å². The first kappa shape index (κ1) is 18.5. The standard InChI is InChI=1S/C19H19FN4O3/c1-3-23(11-14-6-4-7-15(20)10-14)16(25)12-27-19(26)17-13(2)22-24-9-5-8-21-18(17)24/h4-10H,3,11-12H2,1-2H3. The highest BCUT2D eigenvalue weighted by atomic mass is 19.1. The third kappa shape index (κ3) is 4.11. The van der Waals surface area contributed by atoms with Gasteiger partial charge in [0.05, 0.1) is 5.69 Å². The molecule has 0 unspecified atom stereocenters. The minimum atomic E-state index is -0.656. The Bertz CT molecular complexity index is 986. The predicted octanol–water partition coefficient (Wildman–Crippen LogP) is 2.38. The molecule has 1 amide bonds. The number of rotatable bonds is 6. The number of aromatic nitrogens is 3. The monoisotopic (exact) mass is 370 g/mol. The maximum atomic E-state index is 13.3. The highest BCUT2D eigenvalue weighted by Gasteiger charge is 2.21. The zero-order chi connectivity index (χ0) is 19.4. The fraction of sp³-hybridized carbons (Fsp3) is 0.263. The molecule has 0 fully saturated rings. The van der Waals surface area contributed by atoms with Gasteiger partial charge in [0, 0.05) is 25.5 Å². The molecule has 8 heteroatoms. The molecule has 0 saturated heterocycles. The van der Waals surface area contributed by atoms with Crippen molar-refractivity contribution in [1.29, 1.82) is 0 Å². The summed E-state index contributed by atoms with van der Waals surface area (Å²) in [7, 11) is 0. The fourth-order valence-electron chi connectivity index (χ4n) is 2.76. The molecule has 3 aromatic rings. The molecule has 2 heterocycles. The Hall–Kier alpha value is -3.29. The molecule has 0 spiro atoms. The van der Waals surface area contributed by atoms with Crippen LogP contribution in [0.2, 0.25) is 0 Å². The molecule has 0 atom stereocenters. The Balaban J connectivity index is 1.66. The molecule has 7 nitrogen and oxygen atoms in total. The van der Waals surface area contributed by atoms with Crippen molar-refractivity contribution in [1.82, 2.24) is 19.5 Å². The van der Waals surface area contributed by atoms with Gasteiger partial charge in [-0.2, -0.15) is 5.10 Å². The summed E-state index contributed by atoms with van der Waals surface area (Å²) >= 11 is 0. The summed E-state index contributed by atoms with van der Waals surface area (Å²) in [5, 5.41) is 4.20. The van der Waals surface area contributed by atoms with Crippen LogP contribution in [0.1, 0.15) is 28.5 Å². The molecule has 0 bridgehead atoms. The number of carbonyl (C=O) groups is 2. The van der Waals surface area contributed by atoms with Crippen molar-refractivity contribution in [2.45, 2.75) is 20.4 Å². The number of nitrogens with zero attached hydrogens (tertiary/aromatic N) is 4. The summed E-state index contributed by atoms with van der Waals surface area (Å²) in [4.78, 5) is 30.5. The van der Waals surface area contributed by atoms with E-state index in [2.05, 4.69) is 10.1 Å². The highest BCUT2D eigenvalue weighted by Crippen LogP contribution is 2.14. The first-order valence-corrected chi connectivity index (χ1v) is 8.49.